The number of methoxy groups -OCH3 is 1. The predicted molar refractivity (Wildman–Crippen MR) is 80.9 cm³/mol. The van der Waals surface area contributed by atoms with Gasteiger partial charge in [0.1, 0.15) is 5.75 Å². The smallest absolute Gasteiger partial charge is 0.416 e. The van der Waals surface area contributed by atoms with Crippen molar-refractivity contribution in [2.45, 2.75) is 31.0 Å². The highest BCUT2D eigenvalue weighted by Crippen LogP contribution is 2.47. The number of halogens is 9. The third-order valence-corrected chi connectivity index (χ3v) is 4.35. The summed E-state index contributed by atoms with van der Waals surface area (Å²) >= 11 is 0. The van der Waals surface area contributed by atoms with Gasteiger partial charge in [-0.15, -0.1) is 0 Å². The molecule has 0 radical (unpaired) electrons. The van der Waals surface area contributed by atoms with Crippen molar-refractivity contribution in [1.82, 2.24) is 10.2 Å². The fourth-order valence-electron chi connectivity index (χ4n) is 3.16. The number of hydrogen-bond acceptors (Lipinski definition) is 3. The lowest BCUT2D eigenvalue weighted by Gasteiger charge is -2.37. The van der Waals surface area contributed by atoms with E-state index in [0.29, 0.717) is 6.07 Å². The third kappa shape index (κ3) is 5.43. The Labute approximate surface area is 154 Å². The number of hydrogen-bond donors (Lipinski definition) is 1. The number of rotatable bonds is 4. The topological polar surface area (TPSA) is 24.5 Å². The Hall–Kier alpha value is -1.69. The van der Waals surface area contributed by atoms with Gasteiger partial charge in [0.2, 0.25) is 0 Å². The molecule has 1 fully saturated rings. The van der Waals surface area contributed by atoms with Crippen molar-refractivity contribution in [3.63, 3.8) is 0 Å². The monoisotopic (exact) mass is 424 g/mol. The van der Waals surface area contributed by atoms with Gasteiger partial charge >= 0.3 is 18.5 Å². The molecule has 1 aliphatic heterocycles. The molecule has 0 aliphatic carbocycles. The van der Waals surface area contributed by atoms with Gasteiger partial charge in [-0.05, 0) is 12.1 Å². The maximum Gasteiger partial charge on any atom is 0.416 e. The van der Waals surface area contributed by atoms with Gasteiger partial charge in [-0.3, -0.25) is 4.90 Å². The van der Waals surface area contributed by atoms with Crippen molar-refractivity contribution in [3.8, 4) is 5.75 Å². The molecule has 0 spiro atoms. The zero-order valence-corrected chi connectivity index (χ0v) is 14.5. The lowest BCUT2D eigenvalue weighted by Crippen LogP contribution is -2.46. The van der Waals surface area contributed by atoms with Gasteiger partial charge in [0, 0.05) is 37.8 Å². The van der Waals surface area contributed by atoms with E-state index in [4.69, 9.17) is 4.74 Å². The Bertz CT molecular complexity index is 676. The van der Waals surface area contributed by atoms with Crippen molar-refractivity contribution >= 4 is 0 Å². The van der Waals surface area contributed by atoms with Crippen LogP contribution in [0.2, 0.25) is 0 Å². The highest BCUT2D eigenvalue weighted by atomic mass is 19.4. The van der Waals surface area contributed by atoms with E-state index in [1.165, 1.54) is 4.90 Å². The molecule has 2 rings (SSSR count). The number of alkyl halides is 9. The highest BCUT2D eigenvalue weighted by Gasteiger charge is 2.45. The zero-order valence-electron chi connectivity index (χ0n) is 14.5. The summed E-state index contributed by atoms with van der Waals surface area (Å²) in [5, 5.41) is 2.86. The van der Waals surface area contributed by atoms with Gasteiger partial charge in [0.05, 0.1) is 24.7 Å². The summed E-state index contributed by atoms with van der Waals surface area (Å²) in [6, 6.07) is -1.70. The fourth-order valence-corrected chi connectivity index (χ4v) is 3.16. The molecule has 0 aromatic heterocycles. The van der Waals surface area contributed by atoms with Crippen molar-refractivity contribution in [1.29, 1.82) is 0 Å². The molecule has 160 valence electrons. The first-order chi connectivity index (χ1) is 12.7. The van der Waals surface area contributed by atoms with E-state index in [0.717, 1.165) is 7.11 Å². The molecule has 1 saturated heterocycles. The number of benzene rings is 1. The standard InChI is InChI=1S/C16H17F9N2O/c1-28-12-7-9(15(20,21)22)6-10(16(23,24)25)13(12)11(8-14(17,18)19)27-4-2-26-3-5-27/h6-7,11,26H,2-5,8H2,1H3/t11-/m0/s1. The molecule has 3 nitrogen and oxygen atoms in total. The maximum absolute atomic E-state index is 13.6. The van der Waals surface area contributed by atoms with Crippen LogP contribution in [0.4, 0.5) is 39.5 Å². The Balaban J connectivity index is 2.72. The molecule has 1 aromatic rings. The Morgan fingerprint density at radius 2 is 1.54 bits per heavy atom. The van der Waals surface area contributed by atoms with E-state index in [9.17, 15) is 39.5 Å². The van der Waals surface area contributed by atoms with Crippen molar-refractivity contribution in [2.24, 2.45) is 0 Å². The Kier molecular flexibility index (Phi) is 6.44. The lowest BCUT2D eigenvalue weighted by molar-refractivity contribution is -0.154. The van der Waals surface area contributed by atoms with Crippen LogP contribution < -0.4 is 10.1 Å². The highest BCUT2D eigenvalue weighted by molar-refractivity contribution is 5.48. The summed E-state index contributed by atoms with van der Waals surface area (Å²) < 4.78 is 124. The number of piperazine rings is 1. The molecule has 12 heteroatoms. The number of nitrogens with zero attached hydrogens (tertiary/aromatic N) is 1. The maximum atomic E-state index is 13.6. The van der Waals surface area contributed by atoms with E-state index in [-0.39, 0.29) is 32.2 Å². The number of nitrogens with one attached hydrogen (secondary N) is 1. The predicted octanol–water partition coefficient (Wildman–Crippen LogP) is 4.63. The summed E-state index contributed by atoms with van der Waals surface area (Å²) in [5.41, 5.74) is -4.37. The van der Waals surface area contributed by atoms with E-state index in [1.807, 2.05) is 0 Å². The minimum absolute atomic E-state index is 0.00220. The molecular formula is C16H17F9N2O. The Morgan fingerprint density at radius 3 is 1.96 bits per heavy atom. The van der Waals surface area contributed by atoms with Crippen LogP contribution in [0.15, 0.2) is 12.1 Å². The SMILES string of the molecule is COc1cc(C(F)(F)F)cc(C(F)(F)F)c1[C@H](CC(F)(F)F)N1CCNCC1. The van der Waals surface area contributed by atoms with Crippen LogP contribution in [0.25, 0.3) is 0 Å². The first kappa shape index (κ1) is 22.6. The molecular weight excluding hydrogens is 407 g/mol. The summed E-state index contributed by atoms with van der Waals surface area (Å²) in [7, 11) is 0.821. The van der Waals surface area contributed by atoms with Crippen LogP contribution in [-0.4, -0.2) is 44.4 Å². The normalized spacial score (nSPS) is 18.2. The molecule has 1 heterocycles. The largest absolute Gasteiger partial charge is 0.496 e. The first-order valence-electron chi connectivity index (χ1n) is 8.12. The van der Waals surface area contributed by atoms with Gasteiger partial charge in [0.15, 0.2) is 0 Å². The summed E-state index contributed by atoms with van der Waals surface area (Å²) in [6.45, 7) is 0.474. The minimum Gasteiger partial charge on any atom is -0.496 e. The van der Waals surface area contributed by atoms with Crippen LogP contribution in [0.5, 0.6) is 5.75 Å². The summed E-state index contributed by atoms with van der Waals surface area (Å²) in [5.74, 6) is -0.880. The van der Waals surface area contributed by atoms with Crippen LogP contribution in [0, 0.1) is 0 Å². The van der Waals surface area contributed by atoms with Crippen molar-refractivity contribution in [3.05, 3.63) is 28.8 Å². The second-order valence-corrected chi connectivity index (χ2v) is 6.26. The van der Waals surface area contributed by atoms with Gasteiger partial charge in [-0.2, -0.15) is 39.5 Å². The second-order valence-electron chi connectivity index (χ2n) is 6.26. The molecule has 1 N–H and O–H groups in total. The number of ether oxygens (including phenoxy) is 1. The third-order valence-electron chi connectivity index (χ3n) is 4.35. The van der Waals surface area contributed by atoms with E-state index >= 15 is 0 Å². The quantitative estimate of drug-likeness (QED) is 0.714. The van der Waals surface area contributed by atoms with E-state index in [1.54, 1.807) is 0 Å². The van der Waals surface area contributed by atoms with Gasteiger partial charge in [0.25, 0.3) is 0 Å². The van der Waals surface area contributed by atoms with E-state index < -0.39 is 53.4 Å². The lowest BCUT2D eigenvalue weighted by atomic mass is 9.92. The van der Waals surface area contributed by atoms with Crippen LogP contribution in [-0.2, 0) is 12.4 Å². The average Bonchev–Trinajstić information content (AvgIpc) is 2.57. The Morgan fingerprint density at radius 1 is 0.964 bits per heavy atom. The van der Waals surface area contributed by atoms with Crippen LogP contribution in [0.1, 0.15) is 29.2 Å². The minimum atomic E-state index is -5.30. The van der Waals surface area contributed by atoms with Gasteiger partial charge in [-0.1, -0.05) is 0 Å². The van der Waals surface area contributed by atoms with Crippen LogP contribution in [0.3, 0.4) is 0 Å². The molecule has 0 amide bonds. The fraction of sp³-hybridized carbons (Fsp3) is 0.625. The molecule has 0 saturated carbocycles. The second kappa shape index (κ2) is 7.97. The van der Waals surface area contributed by atoms with E-state index in [2.05, 4.69) is 5.32 Å². The van der Waals surface area contributed by atoms with Crippen molar-refractivity contribution in [2.75, 3.05) is 33.3 Å². The first-order valence-corrected chi connectivity index (χ1v) is 8.12. The van der Waals surface area contributed by atoms with Gasteiger partial charge in [-0.25, -0.2) is 0 Å². The molecule has 1 aliphatic rings. The average molecular weight is 424 g/mol. The summed E-state index contributed by atoms with van der Waals surface area (Å²) in [4.78, 5) is 1.17. The molecule has 0 bridgehead atoms. The molecule has 1 aromatic carbocycles. The van der Waals surface area contributed by atoms with Crippen molar-refractivity contribution < 1.29 is 44.3 Å². The molecule has 0 unspecified atom stereocenters. The van der Waals surface area contributed by atoms with Gasteiger partial charge < -0.3 is 10.1 Å². The van der Waals surface area contributed by atoms with Crippen LogP contribution >= 0.6 is 0 Å². The summed E-state index contributed by atoms with van der Waals surface area (Å²) in [6.07, 6.45) is -16.9. The molecule has 28 heavy (non-hydrogen) atoms. The zero-order chi connectivity index (χ0) is 21.3. The molecule has 1 atom stereocenters.